The zero-order valence-electron chi connectivity index (χ0n) is 6.37. The Morgan fingerprint density at radius 3 is 3.27 bits per heavy atom. The lowest BCUT2D eigenvalue weighted by molar-refractivity contribution is 0.356. The van der Waals surface area contributed by atoms with Crippen LogP contribution in [0, 0.1) is 0 Å². The van der Waals surface area contributed by atoms with Gasteiger partial charge in [-0.2, -0.15) is 0 Å². The van der Waals surface area contributed by atoms with Crippen molar-refractivity contribution in [1.82, 2.24) is 4.98 Å². The second-order valence-corrected chi connectivity index (χ2v) is 2.57. The van der Waals surface area contributed by atoms with E-state index in [-0.39, 0.29) is 0 Å². The maximum atomic E-state index is 5.38. The van der Waals surface area contributed by atoms with Gasteiger partial charge in [-0.1, -0.05) is 0 Å². The number of nitrogens with zero attached hydrogens (tertiary/aromatic N) is 1. The van der Waals surface area contributed by atoms with Gasteiger partial charge in [-0.25, -0.2) is 0 Å². The standard InChI is InChI=1S/C9H9NO/c1-7-3-5-11-9-2-4-10-6-8(7)9/h2-4,6H,5H2,1H3. The Bertz CT molecular complexity index is 304. The van der Waals surface area contributed by atoms with Gasteiger partial charge >= 0.3 is 0 Å². The van der Waals surface area contributed by atoms with E-state index in [9.17, 15) is 0 Å². The number of hydrogen-bond acceptors (Lipinski definition) is 2. The first-order valence-electron chi connectivity index (χ1n) is 3.62. The Kier molecular flexibility index (Phi) is 1.39. The molecule has 1 aliphatic rings. The van der Waals surface area contributed by atoms with Gasteiger partial charge < -0.3 is 4.74 Å². The van der Waals surface area contributed by atoms with Gasteiger partial charge in [0, 0.05) is 18.0 Å². The molecule has 1 aromatic heterocycles. The predicted octanol–water partition coefficient (Wildman–Crippen LogP) is 1.88. The van der Waals surface area contributed by atoms with Crippen LogP contribution in [0.1, 0.15) is 12.5 Å². The van der Waals surface area contributed by atoms with E-state index >= 15 is 0 Å². The normalized spacial score (nSPS) is 14.8. The zero-order chi connectivity index (χ0) is 7.68. The Balaban J connectivity index is 2.56. The number of hydrogen-bond donors (Lipinski definition) is 0. The molecule has 0 amide bonds. The number of pyridine rings is 1. The first-order valence-corrected chi connectivity index (χ1v) is 3.62. The fraction of sp³-hybridized carbons (Fsp3) is 0.222. The molecule has 0 radical (unpaired) electrons. The smallest absolute Gasteiger partial charge is 0.130 e. The van der Waals surface area contributed by atoms with E-state index in [1.54, 1.807) is 6.20 Å². The molecular weight excluding hydrogens is 138 g/mol. The highest BCUT2D eigenvalue weighted by Crippen LogP contribution is 2.27. The molecule has 0 spiro atoms. The van der Waals surface area contributed by atoms with Gasteiger partial charge in [-0.05, 0) is 24.6 Å². The highest BCUT2D eigenvalue weighted by atomic mass is 16.5. The van der Waals surface area contributed by atoms with Crippen LogP contribution in [0.3, 0.4) is 0 Å². The van der Waals surface area contributed by atoms with E-state index < -0.39 is 0 Å². The number of rotatable bonds is 0. The van der Waals surface area contributed by atoms with Crippen LogP contribution >= 0.6 is 0 Å². The van der Waals surface area contributed by atoms with Gasteiger partial charge in [-0.15, -0.1) is 0 Å². The lowest BCUT2D eigenvalue weighted by Crippen LogP contribution is -2.02. The average molecular weight is 147 g/mol. The van der Waals surface area contributed by atoms with Gasteiger partial charge in [0.2, 0.25) is 0 Å². The van der Waals surface area contributed by atoms with Gasteiger partial charge in [0.15, 0.2) is 0 Å². The monoisotopic (exact) mass is 147 g/mol. The minimum atomic E-state index is 0.683. The molecule has 0 N–H and O–H groups in total. The van der Waals surface area contributed by atoms with Crippen LogP contribution in [0.25, 0.3) is 5.57 Å². The molecule has 0 atom stereocenters. The fourth-order valence-electron chi connectivity index (χ4n) is 1.17. The van der Waals surface area contributed by atoms with Gasteiger partial charge in [0.25, 0.3) is 0 Å². The van der Waals surface area contributed by atoms with E-state index in [1.165, 1.54) is 5.57 Å². The Morgan fingerprint density at radius 2 is 2.45 bits per heavy atom. The summed E-state index contributed by atoms with van der Waals surface area (Å²) in [7, 11) is 0. The third kappa shape index (κ3) is 1.00. The molecule has 56 valence electrons. The molecule has 0 saturated carbocycles. The fourth-order valence-corrected chi connectivity index (χ4v) is 1.17. The lowest BCUT2D eigenvalue weighted by Gasteiger charge is -2.14. The molecule has 0 bridgehead atoms. The van der Waals surface area contributed by atoms with E-state index in [0.29, 0.717) is 6.61 Å². The van der Waals surface area contributed by atoms with Crippen molar-refractivity contribution < 1.29 is 4.74 Å². The van der Waals surface area contributed by atoms with E-state index in [2.05, 4.69) is 18.0 Å². The summed E-state index contributed by atoms with van der Waals surface area (Å²) in [5.74, 6) is 0.944. The Hall–Kier alpha value is -1.31. The molecule has 2 rings (SSSR count). The van der Waals surface area contributed by atoms with E-state index in [4.69, 9.17) is 4.74 Å². The highest BCUT2D eigenvalue weighted by molar-refractivity contribution is 5.69. The minimum Gasteiger partial charge on any atom is -0.489 e. The van der Waals surface area contributed by atoms with Crippen molar-refractivity contribution in [3.8, 4) is 5.75 Å². The molecule has 2 heterocycles. The predicted molar refractivity (Wildman–Crippen MR) is 43.4 cm³/mol. The summed E-state index contributed by atoms with van der Waals surface area (Å²) < 4.78 is 5.38. The molecule has 0 unspecified atom stereocenters. The van der Waals surface area contributed by atoms with Crippen LogP contribution in [-0.4, -0.2) is 11.6 Å². The van der Waals surface area contributed by atoms with Gasteiger partial charge in [0.1, 0.15) is 12.4 Å². The van der Waals surface area contributed by atoms with Gasteiger partial charge in [0.05, 0.1) is 0 Å². The molecule has 1 aliphatic heterocycles. The molecule has 0 aromatic carbocycles. The summed E-state index contributed by atoms with van der Waals surface area (Å²) in [5, 5.41) is 0. The second kappa shape index (κ2) is 2.38. The first kappa shape index (κ1) is 6.40. The summed E-state index contributed by atoms with van der Waals surface area (Å²) >= 11 is 0. The van der Waals surface area contributed by atoms with Crippen molar-refractivity contribution in [3.63, 3.8) is 0 Å². The summed E-state index contributed by atoms with van der Waals surface area (Å²) in [4.78, 5) is 4.03. The molecular formula is C9H9NO. The van der Waals surface area contributed by atoms with Crippen LogP contribution in [0.5, 0.6) is 5.75 Å². The van der Waals surface area contributed by atoms with Crippen molar-refractivity contribution in [2.24, 2.45) is 0 Å². The molecule has 0 fully saturated rings. The molecule has 2 nitrogen and oxygen atoms in total. The largest absolute Gasteiger partial charge is 0.489 e. The summed E-state index contributed by atoms with van der Waals surface area (Å²) in [5.41, 5.74) is 2.36. The molecule has 2 heteroatoms. The third-order valence-corrected chi connectivity index (χ3v) is 1.83. The maximum absolute atomic E-state index is 5.38. The Morgan fingerprint density at radius 1 is 1.55 bits per heavy atom. The second-order valence-electron chi connectivity index (χ2n) is 2.57. The minimum absolute atomic E-state index is 0.683. The maximum Gasteiger partial charge on any atom is 0.130 e. The van der Waals surface area contributed by atoms with Crippen molar-refractivity contribution in [1.29, 1.82) is 0 Å². The number of aromatic nitrogens is 1. The van der Waals surface area contributed by atoms with Crippen LogP contribution < -0.4 is 4.74 Å². The number of ether oxygens (including phenoxy) is 1. The quantitative estimate of drug-likeness (QED) is 0.559. The van der Waals surface area contributed by atoms with Crippen molar-refractivity contribution in [2.45, 2.75) is 6.92 Å². The van der Waals surface area contributed by atoms with Gasteiger partial charge in [-0.3, -0.25) is 4.98 Å². The van der Waals surface area contributed by atoms with Crippen LogP contribution in [-0.2, 0) is 0 Å². The average Bonchev–Trinajstić information content (AvgIpc) is 2.06. The van der Waals surface area contributed by atoms with E-state index in [0.717, 1.165) is 11.3 Å². The van der Waals surface area contributed by atoms with Crippen molar-refractivity contribution in [2.75, 3.05) is 6.61 Å². The summed E-state index contributed by atoms with van der Waals surface area (Å²) in [6, 6.07) is 1.89. The molecule has 1 aromatic rings. The molecule has 11 heavy (non-hydrogen) atoms. The van der Waals surface area contributed by atoms with Crippen molar-refractivity contribution >= 4 is 5.57 Å². The van der Waals surface area contributed by atoms with E-state index in [1.807, 2.05) is 12.3 Å². The van der Waals surface area contributed by atoms with Crippen LogP contribution in [0.4, 0.5) is 0 Å². The zero-order valence-corrected chi connectivity index (χ0v) is 6.37. The lowest BCUT2D eigenvalue weighted by atomic mass is 10.1. The Labute approximate surface area is 65.5 Å². The topological polar surface area (TPSA) is 22.1 Å². The van der Waals surface area contributed by atoms with Crippen molar-refractivity contribution in [3.05, 3.63) is 30.1 Å². The van der Waals surface area contributed by atoms with Crippen LogP contribution in [0.15, 0.2) is 24.5 Å². The highest BCUT2D eigenvalue weighted by Gasteiger charge is 2.08. The number of allylic oxidation sites excluding steroid dienone is 1. The molecule has 0 aliphatic carbocycles. The molecule has 0 saturated heterocycles. The first-order chi connectivity index (χ1) is 5.38. The third-order valence-electron chi connectivity index (χ3n) is 1.83. The summed E-state index contributed by atoms with van der Waals surface area (Å²) in [6.07, 6.45) is 5.64. The van der Waals surface area contributed by atoms with Crippen LogP contribution in [0.2, 0.25) is 0 Å². The number of fused-ring (bicyclic) bond motifs is 1. The summed E-state index contributed by atoms with van der Waals surface area (Å²) in [6.45, 7) is 2.76. The SMILES string of the molecule is CC1=CCOc2ccncc21.